The highest BCUT2D eigenvalue weighted by atomic mass is 35.5. The molecule has 0 spiro atoms. The van der Waals surface area contributed by atoms with E-state index in [1.54, 1.807) is 55.7 Å². The fraction of sp³-hybridized carbons (Fsp3) is 0.231. The van der Waals surface area contributed by atoms with E-state index in [0.29, 0.717) is 22.2 Å². The number of fused-ring (bicyclic) bond motifs is 1. The molecule has 2 saturated heterocycles. The molecule has 8 heteroatoms. The van der Waals surface area contributed by atoms with Gasteiger partial charge in [-0.3, -0.25) is 14.4 Å². The molecule has 2 amide bonds. The van der Waals surface area contributed by atoms with Crippen LogP contribution in [0.3, 0.4) is 0 Å². The van der Waals surface area contributed by atoms with Gasteiger partial charge in [-0.05, 0) is 55.0 Å². The molecule has 0 aromatic heterocycles. The number of imide groups is 1. The first-order valence-electron chi connectivity index (χ1n) is 10.8. The van der Waals surface area contributed by atoms with Crippen LogP contribution in [0.5, 0.6) is 11.5 Å². The number of benzene rings is 3. The molecule has 0 N–H and O–H groups in total. The largest absolute Gasteiger partial charge is 0.497 e. The minimum Gasteiger partial charge on any atom is -0.497 e. The average molecular weight is 479 g/mol. The first-order chi connectivity index (χ1) is 16.4. The summed E-state index contributed by atoms with van der Waals surface area (Å²) in [5.41, 5.74) is 2.91. The lowest BCUT2D eigenvalue weighted by Crippen LogP contribution is -2.37. The van der Waals surface area contributed by atoms with E-state index in [9.17, 15) is 9.59 Å². The van der Waals surface area contributed by atoms with E-state index in [-0.39, 0.29) is 5.91 Å². The van der Waals surface area contributed by atoms with Gasteiger partial charge in [0.2, 0.25) is 5.91 Å². The molecule has 0 aliphatic carbocycles. The van der Waals surface area contributed by atoms with Crippen LogP contribution in [-0.2, 0) is 14.4 Å². The van der Waals surface area contributed by atoms with E-state index in [2.05, 4.69) is 0 Å². The van der Waals surface area contributed by atoms with Crippen molar-refractivity contribution in [2.75, 3.05) is 24.2 Å². The van der Waals surface area contributed by atoms with Crippen molar-refractivity contribution in [2.24, 2.45) is 5.92 Å². The highest BCUT2D eigenvalue weighted by molar-refractivity contribution is 6.31. The zero-order valence-electron chi connectivity index (χ0n) is 18.9. The summed E-state index contributed by atoms with van der Waals surface area (Å²) < 4.78 is 11.0. The van der Waals surface area contributed by atoms with Crippen molar-refractivity contribution < 1.29 is 23.9 Å². The predicted molar refractivity (Wildman–Crippen MR) is 128 cm³/mol. The van der Waals surface area contributed by atoms with Crippen molar-refractivity contribution in [3.05, 3.63) is 82.9 Å². The molecule has 0 saturated carbocycles. The van der Waals surface area contributed by atoms with Crippen molar-refractivity contribution in [2.45, 2.75) is 19.1 Å². The van der Waals surface area contributed by atoms with Gasteiger partial charge in [-0.2, -0.15) is 0 Å². The van der Waals surface area contributed by atoms with Crippen LogP contribution >= 0.6 is 11.6 Å². The SMILES string of the molecule is COc1ccc([C@@H]2[C@@H]3C(=O)N(c4ccc(Cl)cc4)C(=O)[C@@H]3ON2c2ccccc2C)c(OC)c1. The summed E-state index contributed by atoms with van der Waals surface area (Å²) in [5, 5.41) is 2.19. The molecule has 7 nitrogen and oxygen atoms in total. The minimum atomic E-state index is -0.973. The number of carbonyl (C=O) groups is 2. The first kappa shape index (κ1) is 22.3. The molecule has 34 heavy (non-hydrogen) atoms. The zero-order valence-corrected chi connectivity index (χ0v) is 19.7. The summed E-state index contributed by atoms with van der Waals surface area (Å²) >= 11 is 6.01. The molecule has 0 unspecified atom stereocenters. The van der Waals surface area contributed by atoms with Crippen molar-refractivity contribution in [3.8, 4) is 11.5 Å². The Hall–Kier alpha value is -3.55. The Morgan fingerprint density at radius 3 is 2.32 bits per heavy atom. The maximum Gasteiger partial charge on any atom is 0.266 e. The van der Waals surface area contributed by atoms with Gasteiger partial charge in [0, 0.05) is 16.7 Å². The van der Waals surface area contributed by atoms with Gasteiger partial charge in [0.1, 0.15) is 17.4 Å². The summed E-state index contributed by atoms with van der Waals surface area (Å²) in [6.45, 7) is 1.96. The van der Waals surface area contributed by atoms with E-state index in [1.807, 2.05) is 37.3 Å². The monoisotopic (exact) mass is 478 g/mol. The number of halogens is 1. The molecule has 2 aliphatic rings. The molecule has 2 heterocycles. The van der Waals surface area contributed by atoms with E-state index in [1.165, 1.54) is 4.90 Å². The third-order valence-electron chi connectivity index (χ3n) is 6.31. The summed E-state index contributed by atoms with van der Waals surface area (Å²) in [4.78, 5) is 34.6. The zero-order chi connectivity index (χ0) is 24.0. The lowest BCUT2D eigenvalue weighted by Gasteiger charge is -2.30. The van der Waals surface area contributed by atoms with Crippen LogP contribution in [0.4, 0.5) is 11.4 Å². The van der Waals surface area contributed by atoms with Crippen LogP contribution in [0.15, 0.2) is 66.7 Å². The topological polar surface area (TPSA) is 68.3 Å². The number of hydrogen-bond acceptors (Lipinski definition) is 6. The number of para-hydroxylation sites is 1. The second-order valence-electron chi connectivity index (χ2n) is 8.21. The Kier molecular flexibility index (Phi) is 5.67. The molecule has 3 aromatic carbocycles. The Morgan fingerprint density at radius 1 is 0.912 bits per heavy atom. The van der Waals surface area contributed by atoms with Crippen molar-refractivity contribution in [3.63, 3.8) is 0 Å². The maximum atomic E-state index is 13.8. The van der Waals surface area contributed by atoms with Crippen molar-refractivity contribution in [1.29, 1.82) is 0 Å². The normalized spacial score (nSPS) is 21.7. The number of methoxy groups -OCH3 is 2. The second-order valence-corrected chi connectivity index (χ2v) is 8.64. The third kappa shape index (κ3) is 3.48. The lowest BCUT2D eigenvalue weighted by atomic mass is 9.89. The summed E-state index contributed by atoms with van der Waals surface area (Å²) in [7, 11) is 3.14. The van der Waals surface area contributed by atoms with Crippen LogP contribution < -0.4 is 19.4 Å². The van der Waals surface area contributed by atoms with Crippen LogP contribution in [0, 0.1) is 12.8 Å². The maximum absolute atomic E-state index is 13.8. The number of amides is 2. The Morgan fingerprint density at radius 2 is 1.65 bits per heavy atom. The van der Waals surface area contributed by atoms with Crippen LogP contribution in [0.2, 0.25) is 5.02 Å². The van der Waals surface area contributed by atoms with Crippen molar-refractivity contribution >= 4 is 34.8 Å². The van der Waals surface area contributed by atoms with Gasteiger partial charge in [-0.15, -0.1) is 0 Å². The number of carbonyl (C=O) groups excluding carboxylic acids is 2. The molecule has 2 aliphatic heterocycles. The number of hydroxylamine groups is 1. The smallest absolute Gasteiger partial charge is 0.266 e. The van der Waals surface area contributed by atoms with Gasteiger partial charge in [-0.25, -0.2) is 9.96 Å². The molecule has 174 valence electrons. The lowest BCUT2D eigenvalue weighted by molar-refractivity contribution is -0.126. The number of anilines is 2. The van der Waals surface area contributed by atoms with Gasteiger partial charge >= 0.3 is 0 Å². The fourth-order valence-electron chi connectivity index (χ4n) is 4.66. The summed E-state index contributed by atoms with van der Waals surface area (Å²) in [6, 6.07) is 19.1. The van der Waals surface area contributed by atoms with E-state index in [4.69, 9.17) is 25.9 Å². The molecular weight excluding hydrogens is 456 g/mol. The van der Waals surface area contributed by atoms with Gasteiger partial charge in [-0.1, -0.05) is 29.8 Å². The molecule has 5 rings (SSSR count). The number of ether oxygens (including phenoxy) is 2. The molecule has 0 radical (unpaired) electrons. The number of nitrogens with zero attached hydrogens (tertiary/aromatic N) is 2. The van der Waals surface area contributed by atoms with Crippen LogP contribution in [0.25, 0.3) is 0 Å². The standard InChI is InChI=1S/C26H23ClN2O5/c1-15-6-4-5-7-20(15)29-23(19-13-12-18(32-2)14-21(19)33-3)22-24(34-29)26(31)28(25(22)30)17-10-8-16(27)9-11-17/h4-14,22-24H,1-3H3/t22-,23+,24+/m0/s1. The summed E-state index contributed by atoms with van der Waals surface area (Å²) in [6.07, 6.45) is -0.973. The van der Waals surface area contributed by atoms with Gasteiger partial charge < -0.3 is 9.47 Å². The molecule has 3 atom stereocenters. The number of rotatable bonds is 5. The highest BCUT2D eigenvalue weighted by Gasteiger charge is 2.60. The van der Waals surface area contributed by atoms with Crippen LogP contribution in [0.1, 0.15) is 17.2 Å². The van der Waals surface area contributed by atoms with Gasteiger partial charge in [0.15, 0.2) is 6.10 Å². The van der Waals surface area contributed by atoms with E-state index >= 15 is 0 Å². The van der Waals surface area contributed by atoms with Crippen LogP contribution in [-0.4, -0.2) is 32.1 Å². The number of hydrogen-bond donors (Lipinski definition) is 0. The first-order valence-corrected chi connectivity index (χ1v) is 11.2. The quantitative estimate of drug-likeness (QED) is 0.494. The van der Waals surface area contributed by atoms with E-state index in [0.717, 1.165) is 16.8 Å². The number of aryl methyl sites for hydroxylation is 1. The van der Waals surface area contributed by atoms with E-state index < -0.39 is 24.0 Å². The average Bonchev–Trinajstić information content (AvgIpc) is 3.35. The fourth-order valence-corrected chi connectivity index (χ4v) is 4.78. The van der Waals surface area contributed by atoms with Gasteiger partial charge in [0.25, 0.3) is 5.91 Å². The summed E-state index contributed by atoms with van der Waals surface area (Å²) in [5.74, 6) is -0.361. The molecule has 2 fully saturated rings. The Bertz CT molecular complexity index is 1260. The Balaban J connectivity index is 1.64. The van der Waals surface area contributed by atoms with Crippen molar-refractivity contribution in [1.82, 2.24) is 0 Å². The molecular formula is C26H23ClN2O5. The minimum absolute atomic E-state index is 0.337. The van der Waals surface area contributed by atoms with Gasteiger partial charge in [0.05, 0.1) is 31.6 Å². The highest BCUT2D eigenvalue weighted by Crippen LogP contribution is 2.50. The third-order valence-corrected chi connectivity index (χ3v) is 6.56. The predicted octanol–water partition coefficient (Wildman–Crippen LogP) is 4.72. The Labute approximate surface area is 202 Å². The molecule has 0 bridgehead atoms. The molecule has 3 aromatic rings. The second kappa shape index (κ2) is 8.66.